The van der Waals surface area contributed by atoms with Gasteiger partial charge in [-0.25, -0.2) is 17.9 Å². The molecule has 2 unspecified atom stereocenters. The van der Waals surface area contributed by atoms with Gasteiger partial charge in [-0.15, -0.1) is 0 Å². The summed E-state index contributed by atoms with van der Waals surface area (Å²) in [7, 11) is -2.10. The Kier molecular flexibility index (Phi) is 4.31. The summed E-state index contributed by atoms with van der Waals surface area (Å²) < 4.78 is 36.5. The van der Waals surface area contributed by atoms with E-state index in [0.717, 1.165) is 31.7 Å². The van der Waals surface area contributed by atoms with Gasteiger partial charge in [-0.2, -0.15) is 0 Å². The first-order chi connectivity index (χ1) is 9.30. The minimum absolute atomic E-state index is 0.00562. The number of rotatable bonds is 3. The third-order valence-electron chi connectivity index (χ3n) is 3.91. The molecule has 1 aliphatic carbocycles. The lowest BCUT2D eigenvalue weighted by Crippen LogP contribution is -2.48. The van der Waals surface area contributed by atoms with E-state index in [4.69, 9.17) is 10.9 Å². The van der Waals surface area contributed by atoms with E-state index in [0.29, 0.717) is 5.69 Å². The van der Waals surface area contributed by atoms with Crippen molar-refractivity contribution in [2.45, 2.75) is 42.7 Å². The van der Waals surface area contributed by atoms with Crippen molar-refractivity contribution in [1.82, 2.24) is 0 Å². The standard InChI is InChI=1S/C13H20FN3O2S/c1-17(13-5-3-2-4-11(13)15)12-7-6-9(8-10(12)14)20(16,18)19/h6-8,11,13H,2-5,15H2,1H3,(H2,16,18,19). The van der Waals surface area contributed by atoms with Crippen molar-refractivity contribution in [3.63, 3.8) is 0 Å². The number of hydrogen-bond acceptors (Lipinski definition) is 4. The van der Waals surface area contributed by atoms with E-state index >= 15 is 0 Å². The molecule has 0 heterocycles. The highest BCUT2D eigenvalue weighted by molar-refractivity contribution is 7.89. The Morgan fingerprint density at radius 1 is 1.30 bits per heavy atom. The molecule has 2 atom stereocenters. The van der Waals surface area contributed by atoms with Crippen LogP contribution in [0.2, 0.25) is 0 Å². The molecule has 1 aliphatic rings. The first-order valence-corrected chi connectivity index (χ1v) is 8.16. The molecular weight excluding hydrogens is 281 g/mol. The van der Waals surface area contributed by atoms with Crippen LogP contribution in [-0.2, 0) is 10.0 Å². The van der Waals surface area contributed by atoms with Crippen molar-refractivity contribution in [1.29, 1.82) is 0 Å². The molecule has 1 aromatic rings. The highest BCUT2D eigenvalue weighted by Gasteiger charge is 2.27. The number of nitrogens with zero attached hydrogens (tertiary/aromatic N) is 1. The Balaban J connectivity index is 2.28. The van der Waals surface area contributed by atoms with Crippen LogP contribution in [0.4, 0.5) is 10.1 Å². The maximum absolute atomic E-state index is 14.1. The third-order valence-corrected chi connectivity index (χ3v) is 4.82. The molecule has 0 radical (unpaired) electrons. The molecule has 5 nitrogen and oxygen atoms in total. The predicted octanol–water partition coefficient (Wildman–Crippen LogP) is 1.18. The van der Waals surface area contributed by atoms with Gasteiger partial charge in [-0.05, 0) is 31.0 Å². The van der Waals surface area contributed by atoms with Gasteiger partial charge in [-0.3, -0.25) is 0 Å². The van der Waals surface area contributed by atoms with Crippen LogP contribution < -0.4 is 15.8 Å². The lowest BCUT2D eigenvalue weighted by molar-refractivity contribution is 0.371. The quantitative estimate of drug-likeness (QED) is 0.877. The summed E-state index contributed by atoms with van der Waals surface area (Å²) in [4.78, 5) is 1.58. The minimum Gasteiger partial charge on any atom is -0.368 e. The maximum atomic E-state index is 14.1. The Bertz CT molecular complexity index is 591. The summed E-state index contributed by atoms with van der Waals surface area (Å²) in [6.45, 7) is 0. The highest BCUT2D eigenvalue weighted by atomic mass is 32.2. The van der Waals surface area contributed by atoms with E-state index in [2.05, 4.69) is 0 Å². The molecule has 20 heavy (non-hydrogen) atoms. The van der Waals surface area contributed by atoms with Crippen molar-refractivity contribution in [2.24, 2.45) is 10.9 Å². The largest absolute Gasteiger partial charge is 0.368 e. The van der Waals surface area contributed by atoms with Crippen molar-refractivity contribution in [2.75, 3.05) is 11.9 Å². The monoisotopic (exact) mass is 301 g/mol. The van der Waals surface area contributed by atoms with E-state index in [-0.39, 0.29) is 17.0 Å². The second-order valence-corrected chi connectivity index (χ2v) is 6.85. The fraction of sp³-hybridized carbons (Fsp3) is 0.538. The minimum atomic E-state index is -3.89. The van der Waals surface area contributed by atoms with Crippen LogP contribution in [0.25, 0.3) is 0 Å². The fourth-order valence-corrected chi connectivity index (χ4v) is 3.28. The molecule has 0 aromatic heterocycles. The number of anilines is 1. The van der Waals surface area contributed by atoms with Crippen molar-refractivity contribution in [3.8, 4) is 0 Å². The zero-order valence-electron chi connectivity index (χ0n) is 11.4. The Morgan fingerprint density at radius 2 is 1.95 bits per heavy atom. The third kappa shape index (κ3) is 3.11. The maximum Gasteiger partial charge on any atom is 0.238 e. The summed E-state index contributed by atoms with van der Waals surface area (Å²) in [6.07, 6.45) is 4.00. The van der Waals surface area contributed by atoms with Crippen LogP contribution >= 0.6 is 0 Å². The molecule has 112 valence electrons. The van der Waals surface area contributed by atoms with Gasteiger partial charge in [0.15, 0.2) is 0 Å². The molecule has 0 spiro atoms. The fourth-order valence-electron chi connectivity index (χ4n) is 2.75. The van der Waals surface area contributed by atoms with Crippen LogP contribution in [0.15, 0.2) is 23.1 Å². The highest BCUT2D eigenvalue weighted by Crippen LogP contribution is 2.28. The molecule has 0 bridgehead atoms. The first kappa shape index (κ1) is 15.2. The molecule has 0 amide bonds. The average Bonchev–Trinajstić information content (AvgIpc) is 2.37. The van der Waals surface area contributed by atoms with Gasteiger partial charge in [0.05, 0.1) is 10.6 Å². The summed E-state index contributed by atoms with van der Waals surface area (Å²) in [6, 6.07) is 3.79. The van der Waals surface area contributed by atoms with Crippen LogP contribution in [0.5, 0.6) is 0 Å². The smallest absolute Gasteiger partial charge is 0.238 e. The van der Waals surface area contributed by atoms with E-state index in [1.54, 1.807) is 11.9 Å². The molecule has 0 saturated heterocycles. The lowest BCUT2D eigenvalue weighted by atomic mass is 9.90. The van der Waals surface area contributed by atoms with E-state index in [1.165, 1.54) is 12.1 Å². The molecule has 0 aliphatic heterocycles. The van der Waals surface area contributed by atoms with E-state index in [1.807, 2.05) is 0 Å². The zero-order valence-corrected chi connectivity index (χ0v) is 12.2. The summed E-state index contributed by atoms with van der Waals surface area (Å²) in [5.74, 6) is -0.600. The van der Waals surface area contributed by atoms with E-state index < -0.39 is 15.8 Å². The molecular formula is C13H20FN3O2S. The SMILES string of the molecule is CN(c1ccc(S(N)(=O)=O)cc1F)C1CCCCC1N. The Morgan fingerprint density at radius 3 is 2.50 bits per heavy atom. The predicted molar refractivity (Wildman–Crippen MR) is 76.4 cm³/mol. The molecule has 1 fully saturated rings. The van der Waals surface area contributed by atoms with Gasteiger partial charge in [-0.1, -0.05) is 12.8 Å². The number of primary sulfonamides is 1. The van der Waals surface area contributed by atoms with Crippen LogP contribution in [0, 0.1) is 5.82 Å². The molecule has 1 aromatic carbocycles. The molecule has 7 heteroatoms. The van der Waals surface area contributed by atoms with Gasteiger partial charge in [0, 0.05) is 19.1 Å². The van der Waals surface area contributed by atoms with Gasteiger partial charge < -0.3 is 10.6 Å². The molecule has 2 rings (SSSR count). The van der Waals surface area contributed by atoms with Crippen LogP contribution in [0.1, 0.15) is 25.7 Å². The number of sulfonamides is 1. The average molecular weight is 301 g/mol. The number of halogens is 1. The number of nitrogens with two attached hydrogens (primary N) is 2. The zero-order chi connectivity index (χ0) is 14.9. The van der Waals surface area contributed by atoms with Crippen molar-refractivity contribution < 1.29 is 12.8 Å². The van der Waals surface area contributed by atoms with E-state index in [9.17, 15) is 12.8 Å². The summed E-state index contributed by atoms with van der Waals surface area (Å²) in [5.41, 5.74) is 6.43. The second kappa shape index (κ2) is 5.67. The molecule has 4 N–H and O–H groups in total. The molecule has 1 saturated carbocycles. The topological polar surface area (TPSA) is 89.4 Å². The summed E-state index contributed by atoms with van der Waals surface area (Å²) in [5, 5.41) is 4.99. The van der Waals surface area contributed by atoms with Crippen molar-refractivity contribution in [3.05, 3.63) is 24.0 Å². The number of hydrogen-bond donors (Lipinski definition) is 2. The van der Waals surface area contributed by atoms with Gasteiger partial charge in [0.25, 0.3) is 0 Å². The first-order valence-electron chi connectivity index (χ1n) is 6.61. The van der Waals surface area contributed by atoms with Gasteiger partial charge in [0.1, 0.15) is 5.82 Å². The Labute approximate surface area is 118 Å². The van der Waals surface area contributed by atoms with Crippen LogP contribution in [-0.4, -0.2) is 27.5 Å². The Hall–Kier alpha value is -1.18. The van der Waals surface area contributed by atoms with Gasteiger partial charge >= 0.3 is 0 Å². The van der Waals surface area contributed by atoms with Crippen molar-refractivity contribution >= 4 is 15.7 Å². The summed E-state index contributed by atoms with van der Waals surface area (Å²) >= 11 is 0. The number of benzene rings is 1. The number of likely N-dealkylation sites (N-methyl/N-ethyl adjacent to an activating group) is 1. The normalized spacial score (nSPS) is 23.6. The van der Waals surface area contributed by atoms with Gasteiger partial charge in [0.2, 0.25) is 10.0 Å². The lowest BCUT2D eigenvalue weighted by Gasteiger charge is -2.37. The second-order valence-electron chi connectivity index (χ2n) is 5.28. The van der Waals surface area contributed by atoms with Crippen LogP contribution in [0.3, 0.4) is 0 Å².